The van der Waals surface area contributed by atoms with Crippen molar-refractivity contribution in [3.8, 4) is 5.75 Å². The third-order valence-corrected chi connectivity index (χ3v) is 3.19. The molecule has 2 aromatic rings. The van der Waals surface area contributed by atoms with Crippen LogP contribution in [0.4, 0.5) is 11.4 Å². The molecule has 2 rings (SSSR count). The van der Waals surface area contributed by atoms with Gasteiger partial charge in [0.15, 0.2) is 0 Å². The van der Waals surface area contributed by atoms with Crippen LogP contribution in [0.1, 0.15) is 31.5 Å². The van der Waals surface area contributed by atoms with Gasteiger partial charge in [0.1, 0.15) is 5.75 Å². The Balaban J connectivity index is 1.85. The Labute approximate surface area is 125 Å². The van der Waals surface area contributed by atoms with E-state index in [0.29, 0.717) is 5.69 Å². The van der Waals surface area contributed by atoms with E-state index in [0.717, 1.165) is 36.5 Å². The molecule has 4 N–H and O–H groups in total. The van der Waals surface area contributed by atoms with E-state index in [9.17, 15) is 0 Å². The van der Waals surface area contributed by atoms with E-state index in [1.807, 2.05) is 45.2 Å². The molecule has 21 heavy (non-hydrogen) atoms. The molecule has 1 aromatic carbocycles. The molecule has 0 radical (unpaired) electrons. The third kappa shape index (κ3) is 4.70. The van der Waals surface area contributed by atoms with Crippen molar-refractivity contribution in [3.05, 3.63) is 35.7 Å². The lowest BCUT2D eigenvalue weighted by Crippen LogP contribution is -2.07. The van der Waals surface area contributed by atoms with Crippen LogP contribution in [0.25, 0.3) is 0 Å². The standard InChI is InChI=1S/C16H24N4O/c1-11(2)21-16-8-14(17)7-15(9-16)18-6-4-5-13-10-19-20-12(13)3/h7-11,18H,4-6,17H2,1-3H3,(H,19,20). The van der Waals surface area contributed by atoms with Crippen LogP contribution in [0.5, 0.6) is 5.75 Å². The molecule has 0 fully saturated rings. The molecule has 0 atom stereocenters. The van der Waals surface area contributed by atoms with Gasteiger partial charge in [0, 0.05) is 35.7 Å². The number of nitrogens with one attached hydrogen (secondary N) is 2. The molecule has 0 amide bonds. The normalized spacial score (nSPS) is 10.9. The fourth-order valence-corrected chi connectivity index (χ4v) is 2.20. The summed E-state index contributed by atoms with van der Waals surface area (Å²) in [7, 11) is 0. The van der Waals surface area contributed by atoms with Gasteiger partial charge in [-0.2, -0.15) is 5.10 Å². The highest BCUT2D eigenvalue weighted by atomic mass is 16.5. The summed E-state index contributed by atoms with van der Waals surface area (Å²) in [5, 5.41) is 10.4. The first kappa shape index (κ1) is 15.2. The Hall–Kier alpha value is -2.17. The van der Waals surface area contributed by atoms with E-state index in [4.69, 9.17) is 10.5 Å². The summed E-state index contributed by atoms with van der Waals surface area (Å²) in [5.41, 5.74) is 10.0. The lowest BCUT2D eigenvalue weighted by atomic mass is 10.1. The van der Waals surface area contributed by atoms with Crippen LogP contribution < -0.4 is 15.8 Å². The van der Waals surface area contributed by atoms with Gasteiger partial charge in [0.2, 0.25) is 0 Å². The lowest BCUT2D eigenvalue weighted by Gasteiger charge is -2.13. The van der Waals surface area contributed by atoms with Gasteiger partial charge in [-0.3, -0.25) is 5.10 Å². The van der Waals surface area contributed by atoms with Gasteiger partial charge < -0.3 is 15.8 Å². The number of anilines is 2. The Morgan fingerprint density at radius 3 is 2.81 bits per heavy atom. The molecule has 5 heteroatoms. The van der Waals surface area contributed by atoms with E-state index >= 15 is 0 Å². The number of hydrogen-bond donors (Lipinski definition) is 3. The zero-order valence-corrected chi connectivity index (χ0v) is 12.9. The average molecular weight is 288 g/mol. The van der Waals surface area contributed by atoms with Crippen molar-refractivity contribution >= 4 is 11.4 Å². The molecule has 0 aliphatic carbocycles. The van der Waals surface area contributed by atoms with Gasteiger partial charge in [-0.05, 0) is 45.2 Å². The molecule has 0 unspecified atom stereocenters. The van der Waals surface area contributed by atoms with Gasteiger partial charge in [-0.15, -0.1) is 0 Å². The number of aryl methyl sites for hydroxylation is 2. The van der Waals surface area contributed by atoms with Crippen LogP contribution in [0.2, 0.25) is 0 Å². The fourth-order valence-electron chi connectivity index (χ4n) is 2.20. The number of aromatic amines is 1. The van der Waals surface area contributed by atoms with Crippen molar-refractivity contribution in [1.82, 2.24) is 10.2 Å². The monoisotopic (exact) mass is 288 g/mol. The number of hydrogen-bond acceptors (Lipinski definition) is 4. The molecule has 0 bridgehead atoms. The smallest absolute Gasteiger partial charge is 0.123 e. The number of rotatable bonds is 7. The lowest BCUT2D eigenvalue weighted by molar-refractivity contribution is 0.242. The molecular weight excluding hydrogens is 264 g/mol. The van der Waals surface area contributed by atoms with Gasteiger partial charge in [0.05, 0.1) is 12.3 Å². The maximum atomic E-state index is 5.90. The molecule has 0 spiro atoms. The number of nitrogen functional groups attached to an aromatic ring is 1. The van der Waals surface area contributed by atoms with Crippen LogP contribution in [0, 0.1) is 6.92 Å². The molecule has 5 nitrogen and oxygen atoms in total. The zero-order valence-electron chi connectivity index (χ0n) is 12.9. The van der Waals surface area contributed by atoms with Crippen molar-refractivity contribution in [2.24, 2.45) is 0 Å². The number of H-pyrrole nitrogens is 1. The summed E-state index contributed by atoms with van der Waals surface area (Å²) >= 11 is 0. The Morgan fingerprint density at radius 1 is 1.33 bits per heavy atom. The maximum absolute atomic E-state index is 5.90. The van der Waals surface area contributed by atoms with Crippen LogP contribution in [0.3, 0.4) is 0 Å². The van der Waals surface area contributed by atoms with Crippen LogP contribution in [0.15, 0.2) is 24.4 Å². The fraction of sp³-hybridized carbons (Fsp3) is 0.438. The molecule has 0 saturated carbocycles. The molecular formula is C16H24N4O. The van der Waals surface area contributed by atoms with Crippen molar-refractivity contribution in [1.29, 1.82) is 0 Å². The first-order valence-electron chi connectivity index (χ1n) is 7.34. The molecule has 0 saturated heterocycles. The summed E-state index contributed by atoms with van der Waals surface area (Å²) in [6.07, 6.45) is 4.08. The van der Waals surface area contributed by atoms with Crippen LogP contribution >= 0.6 is 0 Å². The predicted molar refractivity (Wildman–Crippen MR) is 86.8 cm³/mol. The summed E-state index contributed by atoms with van der Waals surface area (Å²) in [6.45, 7) is 6.94. The van der Waals surface area contributed by atoms with Crippen molar-refractivity contribution in [2.45, 2.75) is 39.7 Å². The first-order valence-corrected chi connectivity index (χ1v) is 7.34. The highest BCUT2D eigenvalue weighted by Crippen LogP contribution is 2.23. The highest BCUT2D eigenvalue weighted by molar-refractivity contribution is 5.59. The summed E-state index contributed by atoms with van der Waals surface area (Å²) in [6, 6.07) is 5.76. The minimum absolute atomic E-state index is 0.142. The van der Waals surface area contributed by atoms with Crippen LogP contribution in [-0.2, 0) is 6.42 Å². The molecule has 0 aliphatic rings. The third-order valence-electron chi connectivity index (χ3n) is 3.19. The van der Waals surface area contributed by atoms with Crippen LogP contribution in [-0.4, -0.2) is 22.8 Å². The number of nitrogens with zero attached hydrogens (tertiary/aromatic N) is 1. The quantitative estimate of drug-likeness (QED) is 0.540. The second-order valence-corrected chi connectivity index (χ2v) is 5.51. The summed E-state index contributed by atoms with van der Waals surface area (Å²) < 4.78 is 5.68. The second kappa shape index (κ2) is 7.02. The first-order chi connectivity index (χ1) is 10.0. The number of ether oxygens (including phenoxy) is 1. The summed E-state index contributed by atoms with van der Waals surface area (Å²) in [4.78, 5) is 0. The van der Waals surface area contributed by atoms with E-state index in [1.165, 1.54) is 5.56 Å². The number of benzene rings is 1. The van der Waals surface area contributed by atoms with Crippen molar-refractivity contribution in [2.75, 3.05) is 17.6 Å². The Morgan fingerprint density at radius 2 is 2.14 bits per heavy atom. The Kier molecular flexibility index (Phi) is 5.09. The van der Waals surface area contributed by atoms with Crippen molar-refractivity contribution in [3.63, 3.8) is 0 Å². The van der Waals surface area contributed by atoms with E-state index in [-0.39, 0.29) is 6.10 Å². The molecule has 114 valence electrons. The van der Waals surface area contributed by atoms with Gasteiger partial charge in [-0.25, -0.2) is 0 Å². The minimum atomic E-state index is 0.142. The highest BCUT2D eigenvalue weighted by Gasteiger charge is 2.03. The maximum Gasteiger partial charge on any atom is 0.123 e. The van der Waals surface area contributed by atoms with Gasteiger partial charge in [-0.1, -0.05) is 0 Å². The predicted octanol–water partition coefficient (Wildman–Crippen LogP) is 3.13. The second-order valence-electron chi connectivity index (χ2n) is 5.51. The topological polar surface area (TPSA) is 76.0 Å². The van der Waals surface area contributed by atoms with E-state index in [1.54, 1.807) is 0 Å². The summed E-state index contributed by atoms with van der Waals surface area (Å²) in [5.74, 6) is 0.804. The van der Waals surface area contributed by atoms with Gasteiger partial charge in [0.25, 0.3) is 0 Å². The van der Waals surface area contributed by atoms with Gasteiger partial charge >= 0.3 is 0 Å². The van der Waals surface area contributed by atoms with E-state index < -0.39 is 0 Å². The number of nitrogens with two attached hydrogens (primary N) is 1. The molecule has 1 aromatic heterocycles. The zero-order chi connectivity index (χ0) is 15.2. The average Bonchev–Trinajstić information content (AvgIpc) is 2.79. The minimum Gasteiger partial charge on any atom is -0.491 e. The number of aromatic nitrogens is 2. The largest absolute Gasteiger partial charge is 0.491 e. The van der Waals surface area contributed by atoms with Crippen molar-refractivity contribution < 1.29 is 4.74 Å². The Bertz CT molecular complexity index is 577. The van der Waals surface area contributed by atoms with E-state index in [2.05, 4.69) is 15.5 Å². The molecule has 0 aliphatic heterocycles. The SMILES string of the molecule is Cc1[nH]ncc1CCCNc1cc(N)cc(OC(C)C)c1. The molecule has 1 heterocycles.